The quantitative estimate of drug-likeness (QED) is 0.699. The smallest absolute Gasteiger partial charge is 0.213 e. The zero-order valence-corrected chi connectivity index (χ0v) is 11.8. The molecule has 1 N–H and O–H groups in total. The van der Waals surface area contributed by atoms with Gasteiger partial charge in [0.2, 0.25) is 10.0 Å². The zero-order valence-electron chi connectivity index (χ0n) is 11.0. The van der Waals surface area contributed by atoms with Gasteiger partial charge in [0.1, 0.15) is 0 Å². The summed E-state index contributed by atoms with van der Waals surface area (Å²) in [6, 6.07) is 3.81. The van der Waals surface area contributed by atoms with Crippen molar-refractivity contribution in [2.24, 2.45) is 0 Å². The monoisotopic (exact) mass is 271 g/mol. The third-order valence-electron chi connectivity index (χ3n) is 2.77. The summed E-state index contributed by atoms with van der Waals surface area (Å²) in [5.74, 6) is 0.195. The Hall–Kier alpha value is -0.980. The molecule has 1 aromatic rings. The second-order valence-electron chi connectivity index (χ2n) is 4.20. The molecule has 0 aromatic carbocycles. The minimum atomic E-state index is -3.12. The minimum absolute atomic E-state index is 0.195. The number of sulfonamides is 1. The molecule has 0 unspecified atom stereocenters. The molecule has 0 saturated heterocycles. The maximum Gasteiger partial charge on any atom is 0.213 e. The molecule has 1 heterocycles. The summed E-state index contributed by atoms with van der Waals surface area (Å²) < 4.78 is 25.3. The normalized spacial score (nSPS) is 11.9. The van der Waals surface area contributed by atoms with Gasteiger partial charge in [-0.25, -0.2) is 12.7 Å². The molecular weight excluding hydrogens is 250 g/mol. The number of nitrogens with zero attached hydrogens (tertiary/aromatic N) is 2. The summed E-state index contributed by atoms with van der Waals surface area (Å²) in [6.45, 7) is 1.23. The van der Waals surface area contributed by atoms with Crippen molar-refractivity contribution in [3.8, 4) is 0 Å². The van der Waals surface area contributed by atoms with Crippen molar-refractivity contribution in [1.82, 2.24) is 14.6 Å². The molecule has 0 amide bonds. The lowest BCUT2D eigenvalue weighted by molar-refractivity contribution is 0.470. The third kappa shape index (κ3) is 5.12. The topological polar surface area (TPSA) is 62.3 Å². The molecule has 0 saturated carbocycles. The molecule has 1 rings (SSSR count). The molecule has 0 aliphatic carbocycles. The van der Waals surface area contributed by atoms with Crippen molar-refractivity contribution in [3.05, 3.63) is 30.1 Å². The molecular formula is C12H21N3O2S. The molecule has 0 atom stereocenters. The highest BCUT2D eigenvalue weighted by molar-refractivity contribution is 7.89. The Morgan fingerprint density at radius 2 is 2.00 bits per heavy atom. The maximum absolute atomic E-state index is 11.9. The van der Waals surface area contributed by atoms with Crippen LogP contribution in [0.5, 0.6) is 0 Å². The summed E-state index contributed by atoms with van der Waals surface area (Å²) in [5, 5.41) is 2.95. The minimum Gasteiger partial charge on any atom is -0.320 e. The Balaban J connectivity index is 2.42. The number of hydrogen-bond donors (Lipinski definition) is 1. The van der Waals surface area contributed by atoms with Crippen LogP contribution in [0.1, 0.15) is 12.0 Å². The van der Waals surface area contributed by atoms with Crippen molar-refractivity contribution in [2.45, 2.75) is 12.8 Å². The van der Waals surface area contributed by atoms with Crippen molar-refractivity contribution in [2.75, 3.05) is 32.9 Å². The average molecular weight is 271 g/mol. The van der Waals surface area contributed by atoms with Crippen LogP contribution in [0.3, 0.4) is 0 Å². The van der Waals surface area contributed by atoms with Crippen LogP contribution < -0.4 is 5.32 Å². The second-order valence-corrected chi connectivity index (χ2v) is 6.40. The van der Waals surface area contributed by atoms with E-state index >= 15 is 0 Å². The molecule has 0 radical (unpaired) electrons. The summed E-state index contributed by atoms with van der Waals surface area (Å²) in [4.78, 5) is 3.93. The predicted octanol–water partition coefficient (Wildman–Crippen LogP) is 0.495. The standard InChI is InChI=1S/C12H21N3O2S/c1-13-7-3-11-18(16,17)15(2)10-6-12-4-8-14-9-5-12/h4-5,8-9,13H,3,6-7,10-11H2,1-2H3. The summed E-state index contributed by atoms with van der Waals surface area (Å²) in [5.41, 5.74) is 1.10. The third-order valence-corrected chi connectivity index (χ3v) is 4.71. The number of aromatic nitrogens is 1. The van der Waals surface area contributed by atoms with Gasteiger partial charge in [-0.3, -0.25) is 4.98 Å². The van der Waals surface area contributed by atoms with Gasteiger partial charge in [-0.05, 0) is 44.1 Å². The van der Waals surface area contributed by atoms with E-state index in [1.54, 1.807) is 19.4 Å². The van der Waals surface area contributed by atoms with Crippen molar-refractivity contribution in [1.29, 1.82) is 0 Å². The number of hydrogen-bond acceptors (Lipinski definition) is 4. The molecule has 1 aromatic heterocycles. The Morgan fingerprint density at radius 3 is 2.61 bits per heavy atom. The number of pyridine rings is 1. The van der Waals surface area contributed by atoms with E-state index in [4.69, 9.17) is 0 Å². The lowest BCUT2D eigenvalue weighted by atomic mass is 10.2. The first-order chi connectivity index (χ1) is 8.56. The second kappa shape index (κ2) is 7.45. The molecule has 0 aliphatic heterocycles. The Kier molecular flexibility index (Phi) is 6.24. The van der Waals surface area contributed by atoms with E-state index in [0.717, 1.165) is 12.1 Å². The van der Waals surface area contributed by atoms with Crippen LogP contribution in [0.15, 0.2) is 24.5 Å². The summed E-state index contributed by atoms with van der Waals surface area (Å²) in [6.07, 6.45) is 4.79. The van der Waals surface area contributed by atoms with Gasteiger partial charge in [0.25, 0.3) is 0 Å². The lowest BCUT2D eigenvalue weighted by Gasteiger charge is -2.17. The average Bonchev–Trinajstić information content (AvgIpc) is 2.37. The number of rotatable bonds is 8. The van der Waals surface area contributed by atoms with Crippen LogP contribution >= 0.6 is 0 Å². The van der Waals surface area contributed by atoms with Gasteiger partial charge < -0.3 is 5.32 Å². The van der Waals surface area contributed by atoms with E-state index in [-0.39, 0.29) is 5.75 Å². The van der Waals surface area contributed by atoms with Gasteiger partial charge in [-0.2, -0.15) is 0 Å². The molecule has 0 spiro atoms. The van der Waals surface area contributed by atoms with E-state index in [1.165, 1.54) is 4.31 Å². The first kappa shape index (κ1) is 15.1. The van der Waals surface area contributed by atoms with E-state index in [0.29, 0.717) is 19.4 Å². The van der Waals surface area contributed by atoms with Crippen molar-refractivity contribution in [3.63, 3.8) is 0 Å². The highest BCUT2D eigenvalue weighted by Gasteiger charge is 2.16. The predicted molar refractivity (Wildman–Crippen MR) is 72.9 cm³/mol. The fourth-order valence-corrected chi connectivity index (χ4v) is 2.75. The Bertz CT molecular complexity index is 434. The first-order valence-electron chi connectivity index (χ1n) is 6.04. The Labute approximate surface area is 109 Å². The van der Waals surface area contributed by atoms with Gasteiger partial charge in [-0.15, -0.1) is 0 Å². The molecule has 0 aliphatic rings. The van der Waals surface area contributed by atoms with Gasteiger partial charge in [0.15, 0.2) is 0 Å². The van der Waals surface area contributed by atoms with Crippen LogP contribution in [0.4, 0.5) is 0 Å². The number of likely N-dealkylation sites (N-methyl/N-ethyl adjacent to an activating group) is 1. The maximum atomic E-state index is 11.9. The van der Waals surface area contributed by atoms with Crippen LogP contribution in [-0.2, 0) is 16.4 Å². The number of nitrogens with one attached hydrogen (secondary N) is 1. The van der Waals surface area contributed by atoms with Crippen molar-refractivity contribution < 1.29 is 8.42 Å². The molecule has 102 valence electrons. The molecule has 6 heteroatoms. The van der Waals surface area contributed by atoms with E-state index in [9.17, 15) is 8.42 Å². The fourth-order valence-electron chi connectivity index (χ4n) is 1.56. The fraction of sp³-hybridized carbons (Fsp3) is 0.583. The molecule has 0 bridgehead atoms. The molecule has 0 fully saturated rings. The van der Waals surface area contributed by atoms with Crippen LogP contribution in [0.2, 0.25) is 0 Å². The zero-order chi connectivity index (χ0) is 13.4. The van der Waals surface area contributed by atoms with Crippen LogP contribution in [-0.4, -0.2) is 50.6 Å². The van der Waals surface area contributed by atoms with Crippen LogP contribution in [0, 0.1) is 0 Å². The van der Waals surface area contributed by atoms with Crippen molar-refractivity contribution >= 4 is 10.0 Å². The van der Waals surface area contributed by atoms with Gasteiger partial charge in [-0.1, -0.05) is 0 Å². The highest BCUT2D eigenvalue weighted by Crippen LogP contribution is 2.04. The Morgan fingerprint density at radius 1 is 1.33 bits per heavy atom. The van der Waals surface area contributed by atoms with E-state index < -0.39 is 10.0 Å². The first-order valence-corrected chi connectivity index (χ1v) is 7.64. The summed E-state index contributed by atoms with van der Waals surface area (Å²) >= 11 is 0. The molecule has 18 heavy (non-hydrogen) atoms. The van der Waals surface area contributed by atoms with Gasteiger partial charge >= 0.3 is 0 Å². The SMILES string of the molecule is CNCCCS(=O)(=O)N(C)CCc1ccncc1. The van der Waals surface area contributed by atoms with E-state index in [1.807, 2.05) is 19.2 Å². The summed E-state index contributed by atoms with van der Waals surface area (Å²) in [7, 11) is 0.329. The largest absolute Gasteiger partial charge is 0.320 e. The molecule has 5 nitrogen and oxygen atoms in total. The highest BCUT2D eigenvalue weighted by atomic mass is 32.2. The van der Waals surface area contributed by atoms with Gasteiger partial charge in [0, 0.05) is 26.0 Å². The van der Waals surface area contributed by atoms with Crippen LogP contribution in [0.25, 0.3) is 0 Å². The van der Waals surface area contributed by atoms with E-state index in [2.05, 4.69) is 10.3 Å². The van der Waals surface area contributed by atoms with Gasteiger partial charge in [0.05, 0.1) is 5.75 Å². The lowest BCUT2D eigenvalue weighted by Crippen LogP contribution is -2.32.